The van der Waals surface area contributed by atoms with Crippen molar-refractivity contribution in [3.8, 4) is 0 Å². The highest BCUT2D eigenvalue weighted by Crippen LogP contribution is 2.63. The van der Waals surface area contributed by atoms with Crippen molar-refractivity contribution in [1.82, 2.24) is 0 Å². The Labute approximate surface area is 192 Å². The van der Waals surface area contributed by atoms with E-state index in [-0.39, 0.29) is 10.8 Å². The van der Waals surface area contributed by atoms with E-state index in [0.717, 1.165) is 18.4 Å². The van der Waals surface area contributed by atoms with Crippen molar-refractivity contribution in [3.05, 3.63) is 95.6 Å². The van der Waals surface area contributed by atoms with E-state index in [1.165, 1.54) is 11.1 Å². The molecule has 4 rings (SSSR count). The fourth-order valence-electron chi connectivity index (χ4n) is 5.61. The fraction of sp³-hybridized carbons (Fsp3) is 0.448. The molecule has 0 saturated heterocycles. The Bertz CT molecular complexity index is 941. The van der Waals surface area contributed by atoms with Crippen LogP contribution in [0.4, 0.5) is 0 Å². The molecule has 0 radical (unpaired) electrons. The first-order valence-electron chi connectivity index (χ1n) is 11.7. The highest BCUT2D eigenvalue weighted by molar-refractivity contribution is 5.38. The van der Waals surface area contributed by atoms with E-state index >= 15 is 0 Å². The largest absolute Gasteiger partial charge is 0.388 e. The number of hydrogen-bond donors (Lipinski definition) is 1. The standard InChI is InChI=1S/C29H36O3/c1-27(2,3)25-18-26(30)29(22-32-20-24-14-8-5-9-15-24)17-11-10-16-28(25,29)21-31-19-23-12-6-4-7-13-23/h4-15,18,26,30H,16-17,19-22H2,1-3H3/t26-,28+,29-/m1/s1. The van der Waals surface area contributed by atoms with Crippen molar-refractivity contribution < 1.29 is 14.6 Å². The molecular weight excluding hydrogens is 396 g/mol. The first-order chi connectivity index (χ1) is 15.4. The maximum absolute atomic E-state index is 11.4. The molecule has 2 aliphatic carbocycles. The van der Waals surface area contributed by atoms with Gasteiger partial charge in [0.05, 0.1) is 32.5 Å². The third-order valence-corrected chi connectivity index (χ3v) is 7.21. The zero-order chi connectivity index (χ0) is 22.7. The maximum Gasteiger partial charge on any atom is 0.0814 e. The zero-order valence-corrected chi connectivity index (χ0v) is 19.6. The summed E-state index contributed by atoms with van der Waals surface area (Å²) in [4.78, 5) is 0. The van der Waals surface area contributed by atoms with Crippen molar-refractivity contribution in [2.45, 2.75) is 52.9 Å². The molecule has 2 aromatic carbocycles. The molecule has 0 fully saturated rings. The van der Waals surface area contributed by atoms with Gasteiger partial charge in [-0.25, -0.2) is 0 Å². The monoisotopic (exact) mass is 432 g/mol. The Kier molecular flexibility index (Phi) is 6.71. The summed E-state index contributed by atoms with van der Waals surface area (Å²) in [5, 5.41) is 11.4. The van der Waals surface area contributed by atoms with Crippen LogP contribution in [-0.4, -0.2) is 24.4 Å². The molecule has 0 aromatic heterocycles. The van der Waals surface area contributed by atoms with Gasteiger partial charge in [-0.2, -0.15) is 0 Å². The molecule has 0 bridgehead atoms. The second kappa shape index (κ2) is 9.35. The minimum atomic E-state index is -0.558. The van der Waals surface area contributed by atoms with Crippen LogP contribution in [0.2, 0.25) is 0 Å². The van der Waals surface area contributed by atoms with Crippen LogP contribution in [0, 0.1) is 16.2 Å². The van der Waals surface area contributed by atoms with Crippen molar-refractivity contribution in [2.75, 3.05) is 13.2 Å². The molecule has 2 aliphatic rings. The van der Waals surface area contributed by atoms with E-state index in [2.05, 4.69) is 63.3 Å². The van der Waals surface area contributed by atoms with Crippen LogP contribution in [0.25, 0.3) is 0 Å². The number of aliphatic hydroxyl groups excluding tert-OH is 1. The molecule has 0 spiro atoms. The van der Waals surface area contributed by atoms with Gasteiger partial charge in [0.2, 0.25) is 0 Å². The number of allylic oxidation sites excluding steroid dienone is 2. The van der Waals surface area contributed by atoms with Gasteiger partial charge in [-0.1, -0.05) is 105 Å². The smallest absolute Gasteiger partial charge is 0.0814 e. The van der Waals surface area contributed by atoms with E-state index in [1.807, 2.05) is 36.4 Å². The summed E-state index contributed by atoms with van der Waals surface area (Å²) < 4.78 is 12.7. The summed E-state index contributed by atoms with van der Waals surface area (Å²) in [6.45, 7) is 8.90. The number of ether oxygens (including phenoxy) is 2. The zero-order valence-electron chi connectivity index (χ0n) is 19.6. The summed E-state index contributed by atoms with van der Waals surface area (Å²) in [6.07, 6.45) is 7.66. The van der Waals surface area contributed by atoms with Crippen LogP contribution in [0.1, 0.15) is 44.7 Å². The van der Waals surface area contributed by atoms with Gasteiger partial charge < -0.3 is 14.6 Å². The number of hydrogen-bond acceptors (Lipinski definition) is 3. The van der Waals surface area contributed by atoms with E-state index in [9.17, 15) is 5.11 Å². The topological polar surface area (TPSA) is 38.7 Å². The van der Waals surface area contributed by atoms with Gasteiger partial charge in [0, 0.05) is 10.8 Å². The van der Waals surface area contributed by atoms with Crippen LogP contribution in [0.5, 0.6) is 0 Å². The lowest BCUT2D eigenvalue weighted by atomic mass is 9.54. The average molecular weight is 433 g/mol. The van der Waals surface area contributed by atoms with Gasteiger partial charge in [0.25, 0.3) is 0 Å². The third kappa shape index (κ3) is 4.34. The lowest BCUT2D eigenvalue weighted by Crippen LogP contribution is -2.53. The summed E-state index contributed by atoms with van der Waals surface area (Å²) >= 11 is 0. The first kappa shape index (κ1) is 23.0. The number of rotatable bonds is 8. The highest BCUT2D eigenvalue weighted by Gasteiger charge is 2.62. The SMILES string of the molecule is CC(C)(C)C1=C[C@@H](O)[C@]2(COCc3ccccc3)CC=CC[C@]12COCc1ccccc1. The fourth-order valence-corrected chi connectivity index (χ4v) is 5.61. The summed E-state index contributed by atoms with van der Waals surface area (Å²) in [5.74, 6) is 0. The third-order valence-electron chi connectivity index (χ3n) is 7.21. The van der Waals surface area contributed by atoms with Gasteiger partial charge in [-0.3, -0.25) is 0 Å². The normalized spacial score (nSPS) is 27.2. The van der Waals surface area contributed by atoms with Gasteiger partial charge in [0.15, 0.2) is 0 Å². The first-order valence-corrected chi connectivity index (χ1v) is 11.7. The van der Waals surface area contributed by atoms with Crippen LogP contribution in [-0.2, 0) is 22.7 Å². The molecule has 0 heterocycles. The summed E-state index contributed by atoms with van der Waals surface area (Å²) in [7, 11) is 0. The summed E-state index contributed by atoms with van der Waals surface area (Å²) in [6, 6.07) is 20.6. The molecule has 0 amide bonds. The van der Waals surface area contributed by atoms with Crippen LogP contribution < -0.4 is 0 Å². The lowest BCUT2D eigenvalue weighted by Gasteiger charge is -2.52. The van der Waals surface area contributed by atoms with E-state index in [1.54, 1.807) is 0 Å². The van der Waals surface area contributed by atoms with Crippen molar-refractivity contribution in [1.29, 1.82) is 0 Å². The van der Waals surface area contributed by atoms with Crippen LogP contribution in [0.15, 0.2) is 84.5 Å². The Morgan fingerprint density at radius 1 is 0.812 bits per heavy atom. The van der Waals surface area contributed by atoms with Gasteiger partial charge >= 0.3 is 0 Å². The molecule has 1 N–H and O–H groups in total. The predicted molar refractivity (Wildman–Crippen MR) is 129 cm³/mol. The number of fused-ring (bicyclic) bond motifs is 1. The summed E-state index contributed by atoms with van der Waals surface area (Å²) in [5.41, 5.74) is 2.83. The number of aliphatic hydroxyl groups is 1. The quantitative estimate of drug-likeness (QED) is 0.513. The second-order valence-corrected chi connectivity index (χ2v) is 10.3. The van der Waals surface area contributed by atoms with Crippen LogP contribution >= 0.6 is 0 Å². The molecule has 2 aromatic rings. The Morgan fingerprint density at radius 2 is 1.34 bits per heavy atom. The van der Waals surface area contributed by atoms with Gasteiger partial charge in [0.1, 0.15) is 0 Å². The molecule has 3 nitrogen and oxygen atoms in total. The van der Waals surface area contributed by atoms with E-state index < -0.39 is 11.5 Å². The Morgan fingerprint density at radius 3 is 1.91 bits per heavy atom. The molecule has 3 atom stereocenters. The lowest BCUT2D eigenvalue weighted by molar-refractivity contribution is -0.119. The maximum atomic E-state index is 11.4. The minimum Gasteiger partial charge on any atom is -0.388 e. The molecular formula is C29H36O3. The average Bonchev–Trinajstić information content (AvgIpc) is 3.05. The molecule has 0 unspecified atom stereocenters. The Hall–Kier alpha value is -2.20. The van der Waals surface area contributed by atoms with E-state index in [4.69, 9.17) is 9.47 Å². The number of benzene rings is 2. The molecule has 32 heavy (non-hydrogen) atoms. The van der Waals surface area contributed by atoms with Gasteiger partial charge in [-0.15, -0.1) is 0 Å². The second-order valence-electron chi connectivity index (χ2n) is 10.3. The Balaban J connectivity index is 1.59. The van der Waals surface area contributed by atoms with Crippen molar-refractivity contribution in [3.63, 3.8) is 0 Å². The molecule has 3 heteroatoms. The van der Waals surface area contributed by atoms with Crippen molar-refractivity contribution in [2.24, 2.45) is 16.2 Å². The van der Waals surface area contributed by atoms with Crippen LogP contribution in [0.3, 0.4) is 0 Å². The molecule has 0 aliphatic heterocycles. The van der Waals surface area contributed by atoms with Crippen molar-refractivity contribution >= 4 is 0 Å². The molecule has 170 valence electrons. The predicted octanol–water partition coefficient (Wildman–Crippen LogP) is 6.09. The van der Waals surface area contributed by atoms with Gasteiger partial charge in [-0.05, 0) is 29.4 Å². The van der Waals surface area contributed by atoms with E-state index in [0.29, 0.717) is 26.4 Å². The molecule has 0 saturated carbocycles. The minimum absolute atomic E-state index is 0.0660. The highest BCUT2D eigenvalue weighted by atomic mass is 16.5.